The molecule has 11 heavy (non-hydrogen) atoms. The highest BCUT2D eigenvalue weighted by atomic mass is 19.3. The highest BCUT2D eigenvalue weighted by Gasteiger charge is 2.62. The standard InChI is InChI=1S/C6H8F4O/c1-3-4(2)6(9,10)11-5(3,7)8/h3-4H,1-2H3. The van der Waals surface area contributed by atoms with Gasteiger partial charge in [-0.1, -0.05) is 13.8 Å². The molecule has 0 spiro atoms. The van der Waals surface area contributed by atoms with Gasteiger partial charge in [-0.3, -0.25) is 4.74 Å². The molecule has 1 aliphatic heterocycles. The summed E-state index contributed by atoms with van der Waals surface area (Å²) in [7, 11) is 0. The Labute approximate surface area is 61.3 Å². The lowest BCUT2D eigenvalue weighted by atomic mass is 9.97. The number of hydrogen-bond acceptors (Lipinski definition) is 1. The minimum absolute atomic E-state index is 1.05. The average molecular weight is 172 g/mol. The van der Waals surface area contributed by atoms with Gasteiger partial charge in [-0.2, -0.15) is 17.6 Å². The Morgan fingerprint density at radius 2 is 1.18 bits per heavy atom. The Kier molecular flexibility index (Phi) is 1.67. The number of hydrogen-bond donors (Lipinski definition) is 0. The topological polar surface area (TPSA) is 9.23 Å². The molecule has 5 heteroatoms. The zero-order chi connectivity index (χ0) is 8.86. The van der Waals surface area contributed by atoms with Crippen LogP contribution in [0.3, 0.4) is 0 Å². The predicted molar refractivity (Wildman–Crippen MR) is 29.3 cm³/mol. The van der Waals surface area contributed by atoms with Gasteiger partial charge >= 0.3 is 12.2 Å². The Morgan fingerprint density at radius 3 is 1.27 bits per heavy atom. The van der Waals surface area contributed by atoms with Gasteiger partial charge in [0.2, 0.25) is 0 Å². The number of halogens is 4. The van der Waals surface area contributed by atoms with Gasteiger partial charge in [0.25, 0.3) is 0 Å². The molecule has 1 fully saturated rings. The van der Waals surface area contributed by atoms with Crippen molar-refractivity contribution >= 4 is 0 Å². The van der Waals surface area contributed by atoms with Crippen molar-refractivity contribution in [2.45, 2.75) is 26.1 Å². The Balaban J connectivity index is 2.86. The fraction of sp³-hybridized carbons (Fsp3) is 1.00. The highest BCUT2D eigenvalue weighted by molar-refractivity contribution is 4.84. The van der Waals surface area contributed by atoms with Crippen molar-refractivity contribution in [2.75, 3.05) is 0 Å². The van der Waals surface area contributed by atoms with Crippen LogP contribution in [0.2, 0.25) is 0 Å². The Morgan fingerprint density at radius 1 is 0.909 bits per heavy atom. The zero-order valence-electron chi connectivity index (χ0n) is 6.07. The fourth-order valence-corrected chi connectivity index (χ4v) is 0.949. The first-order chi connectivity index (χ1) is 4.77. The molecule has 66 valence electrons. The summed E-state index contributed by atoms with van der Waals surface area (Å²) in [4.78, 5) is 0. The largest absolute Gasteiger partial charge is 0.363 e. The second-order valence-corrected chi connectivity index (χ2v) is 2.80. The molecule has 0 aliphatic carbocycles. The highest BCUT2D eigenvalue weighted by Crippen LogP contribution is 2.49. The van der Waals surface area contributed by atoms with Crippen LogP contribution in [0.4, 0.5) is 17.6 Å². The van der Waals surface area contributed by atoms with Crippen molar-refractivity contribution in [3.63, 3.8) is 0 Å². The van der Waals surface area contributed by atoms with Gasteiger partial charge in [0.1, 0.15) is 0 Å². The molecule has 0 radical (unpaired) electrons. The van der Waals surface area contributed by atoms with E-state index in [9.17, 15) is 17.6 Å². The van der Waals surface area contributed by atoms with E-state index in [0.29, 0.717) is 0 Å². The van der Waals surface area contributed by atoms with Crippen molar-refractivity contribution < 1.29 is 22.3 Å². The Bertz CT molecular complexity index is 150. The first kappa shape index (κ1) is 8.77. The summed E-state index contributed by atoms with van der Waals surface area (Å²) in [5.74, 6) is -2.87. The summed E-state index contributed by atoms with van der Waals surface area (Å²) in [6.07, 6.45) is -7.38. The normalized spacial score (nSPS) is 40.9. The van der Waals surface area contributed by atoms with Crippen LogP contribution in [0.5, 0.6) is 0 Å². The third-order valence-electron chi connectivity index (χ3n) is 2.08. The molecule has 1 rings (SSSR count). The van der Waals surface area contributed by atoms with Gasteiger partial charge in [-0.05, 0) is 0 Å². The van der Waals surface area contributed by atoms with Crippen LogP contribution < -0.4 is 0 Å². The van der Waals surface area contributed by atoms with E-state index >= 15 is 0 Å². The van der Waals surface area contributed by atoms with E-state index in [1.165, 1.54) is 0 Å². The van der Waals surface area contributed by atoms with Gasteiger partial charge in [0, 0.05) is 0 Å². The molecule has 0 aromatic carbocycles. The van der Waals surface area contributed by atoms with Crippen LogP contribution >= 0.6 is 0 Å². The van der Waals surface area contributed by atoms with E-state index in [2.05, 4.69) is 4.74 Å². The molecule has 1 saturated heterocycles. The summed E-state index contributed by atoms with van der Waals surface area (Å²) in [6, 6.07) is 0. The van der Waals surface area contributed by atoms with Crippen LogP contribution in [0.15, 0.2) is 0 Å². The number of rotatable bonds is 0. The van der Waals surface area contributed by atoms with Crippen molar-refractivity contribution in [1.29, 1.82) is 0 Å². The maximum Gasteiger partial charge on any atom is 0.363 e. The summed E-state index contributed by atoms with van der Waals surface area (Å²) in [5.41, 5.74) is 0. The monoisotopic (exact) mass is 172 g/mol. The van der Waals surface area contributed by atoms with E-state index in [-0.39, 0.29) is 0 Å². The van der Waals surface area contributed by atoms with Crippen LogP contribution in [0.1, 0.15) is 13.8 Å². The summed E-state index contributed by atoms with van der Waals surface area (Å²) in [6.45, 7) is 2.09. The van der Waals surface area contributed by atoms with E-state index in [0.717, 1.165) is 13.8 Å². The molecular formula is C6H8F4O. The summed E-state index contributed by atoms with van der Waals surface area (Å²) >= 11 is 0. The van der Waals surface area contributed by atoms with Gasteiger partial charge in [-0.15, -0.1) is 0 Å². The van der Waals surface area contributed by atoms with Crippen molar-refractivity contribution in [1.82, 2.24) is 0 Å². The molecule has 1 heterocycles. The molecule has 0 N–H and O–H groups in total. The third kappa shape index (κ3) is 1.21. The van der Waals surface area contributed by atoms with Crippen LogP contribution in [0, 0.1) is 11.8 Å². The van der Waals surface area contributed by atoms with E-state index < -0.39 is 24.1 Å². The van der Waals surface area contributed by atoms with Crippen LogP contribution in [0.25, 0.3) is 0 Å². The number of alkyl halides is 4. The molecule has 0 saturated carbocycles. The van der Waals surface area contributed by atoms with Crippen molar-refractivity contribution in [3.8, 4) is 0 Å². The Hall–Kier alpha value is -0.320. The molecule has 0 aromatic rings. The molecule has 0 amide bonds. The van der Waals surface area contributed by atoms with Crippen molar-refractivity contribution in [3.05, 3.63) is 0 Å². The minimum Gasteiger partial charge on any atom is -0.255 e. The van der Waals surface area contributed by atoms with Gasteiger partial charge in [0.05, 0.1) is 11.8 Å². The molecule has 1 aliphatic rings. The SMILES string of the molecule is CC1C(C)C(F)(F)OC1(F)F. The fourth-order valence-electron chi connectivity index (χ4n) is 0.949. The maximum atomic E-state index is 12.4. The van der Waals surface area contributed by atoms with Gasteiger partial charge in [0.15, 0.2) is 0 Å². The maximum absolute atomic E-state index is 12.4. The average Bonchev–Trinajstić information content (AvgIpc) is 1.91. The second kappa shape index (κ2) is 2.09. The first-order valence-electron chi connectivity index (χ1n) is 3.23. The zero-order valence-corrected chi connectivity index (χ0v) is 6.07. The molecule has 2 unspecified atom stereocenters. The quantitative estimate of drug-likeness (QED) is 0.510. The van der Waals surface area contributed by atoms with Gasteiger partial charge in [-0.25, -0.2) is 0 Å². The van der Waals surface area contributed by atoms with Crippen LogP contribution in [-0.4, -0.2) is 12.2 Å². The van der Waals surface area contributed by atoms with Crippen LogP contribution in [-0.2, 0) is 4.74 Å². The third-order valence-corrected chi connectivity index (χ3v) is 2.08. The van der Waals surface area contributed by atoms with Crippen molar-refractivity contribution in [2.24, 2.45) is 11.8 Å². The smallest absolute Gasteiger partial charge is 0.255 e. The minimum atomic E-state index is -3.69. The summed E-state index contributed by atoms with van der Waals surface area (Å²) < 4.78 is 52.8. The molecule has 1 nitrogen and oxygen atoms in total. The number of ether oxygens (including phenoxy) is 1. The molecule has 0 aromatic heterocycles. The lowest BCUT2D eigenvalue weighted by Crippen LogP contribution is -2.23. The molecule has 0 bridgehead atoms. The van der Waals surface area contributed by atoms with Gasteiger partial charge < -0.3 is 0 Å². The van der Waals surface area contributed by atoms with E-state index in [4.69, 9.17) is 0 Å². The lowest BCUT2D eigenvalue weighted by Gasteiger charge is -2.12. The van der Waals surface area contributed by atoms with E-state index in [1.807, 2.05) is 0 Å². The predicted octanol–water partition coefficient (Wildman–Crippen LogP) is 2.47. The lowest BCUT2D eigenvalue weighted by molar-refractivity contribution is -0.340. The first-order valence-corrected chi connectivity index (χ1v) is 3.23. The molecule has 2 atom stereocenters. The van der Waals surface area contributed by atoms with E-state index in [1.54, 1.807) is 0 Å². The molecular weight excluding hydrogens is 164 g/mol. The second-order valence-electron chi connectivity index (χ2n) is 2.80. The summed E-state index contributed by atoms with van der Waals surface area (Å²) in [5, 5.41) is 0.